The molecule has 6 nitrogen and oxygen atoms in total. The van der Waals surface area contributed by atoms with E-state index in [-0.39, 0.29) is 23.1 Å². The molecule has 3 rings (SSSR count). The average molecular weight is 376 g/mol. The summed E-state index contributed by atoms with van der Waals surface area (Å²) in [4.78, 5) is 25.8. The van der Waals surface area contributed by atoms with E-state index in [4.69, 9.17) is 0 Å². The van der Waals surface area contributed by atoms with Gasteiger partial charge in [0.25, 0.3) is 11.8 Å². The Kier molecular flexibility index (Phi) is 5.31. The zero-order chi connectivity index (χ0) is 20.4. The molecule has 0 saturated heterocycles. The van der Waals surface area contributed by atoms with E-state index < -0.39 is 0 Å². The highest BCUT2D eigenvalue weighted by Gasteiger charge is 2.23. The lowest BCUT2D eigenvalue weighted by Crippen LogP contribution is -2.22. The van der Waals surface area contributed by atoms with Crippen LogP contribution in [0, 0.1) is 27.7 Å². The predicted octanol–water partition coefficient (Wildman–Crippen LogP) is 4.16. The number of aromatic nitrogens is 2. The molecule has 2 aromatic carbocycles. The second-order valence-electron chi connectivity index (χ2n) is 6.93. The Balaban J connectivity index is 1.89. The third-order valence-corrected chi connectivity index (χ3v) is 5.10. The van der Waals surface area contributed by atoms with Crippen molar-refractivity contribution in [1.82, 2.24) is 9.78 Å². The molecular weight excluding hydrogens is 352 g/mol. The van der Waals surface area contributed by atoms with E-state index in [0.717, 1.165) is 27.9 Å². The Morgan fingerprint density at radius 2 is 1.32 bits per heavy atom. The lowest BCUT2D eigenvalue weighted by molar-refractivity contribution is 0.0985. The molecule has 0 radical (unpaired) electrons. The number of amides is 2. The minimum Gasteiger partial charge on any atom is -0.322 e. The number of anilines is 2. The molecule has 0 atom stereocenters. The first kappa shape index (κ1) is 19.4. The molecule has 0 aliphatic heterocycles. The van der Waals surface area contributed by atoms with Gasteiger partial charge in [0.2, 0.25) is 0 Å². The summed E-state index contributed by atoms with van der Waals surface area (Å²) in [7, 11) is 1.65. The Bertz CT molecular complexity index is 1070. The molecule has 0 saturated carbocycles. The van der Waals surface area contributed by atoms with Crippen LogP contribution in [0.5, 0.6) is 0 Å². The van der Waals surface area contributed by atoms with Crippen LogP contribution in [0.15, 0.2) is 42.6 Å². The number of hydrogen-bond acceptors (Lipinski definition) is 3. The number of carbonyl (C=O) groups is 2. The van der Waals surface area contributed by atoms with Gasteiger partial charge in [-0.2, -0.15) is 5.10 Å². The summed E-state index contributed by atoms with van der Waals surface area (Å²) in [5, 5.41) is 9.90. The van der Waals surface area contributed by atoms with Gasteiger partial charge in [-0.15, -0.1) is 0 Å². The molecule has 0 fully saturated rings. The largest absolute Gasteiger partial charge is 0.322 e. The summed E-state index contributed by atoms with van der Waals surface area (Å²) in [6.07, 6.45) is 1.42. The van der Waals surface area contributed by atoms with Crippen molar-refractivity contribution in [2.75, 3.05) is 10.6 Å². The third-order valence-electron chi connectivity index (χ3n) is 5.10. The highest BCUT2D eigenvalue weighted by atomic mass is 16.2. The van der Waals surface area contributed by atoms with Crippen LogP contribution < -0.4 is 10.6 Å². The zero-order valence-electron chi connectivity index (χ0n) is 16.8. The smallest absolute Gasteiger partial charge is 0.274 e. The predicted molar refractivity (Wildman–Crippen MR) is 111 cm³/mol. The van der Waals surface area contributed by atoms with Gasteiger partial charge >= 0.3 is 0 Å². The molecule has 144 valence electrons. The van der Waals surface area contributed by atoms with Gasteiger partial charge in [-0.25, -0.2) is 0 Å². The maximum absolute atomic E-state index is 12.9. The molecule has 1 aromatic heterocycles. The summed E-state index contributed by atoms with van der Waals surface area (Å²) in [5.41, 5.74) is 6.00. The van der Waals surface area contributed by atoms with Crippen LogP contribution in [0.2, 0.25) is 0 Å². The Morgan fingerprint density at radius 3 is 1.86 bits per heavy atom. The molecule has 0 spiro atoms. The minimum absolute atomic E-state index is 0.212. The van der Waals surface area contributed by atoms with E-state index in [9.17, 15) is 9.59 Å². The molecule has 0 aliphatic rings. The van der Waals surface area contributed by atoms with Gasteiger partial charge in [0.05, 0.1) is 11.8 Å². The molecule has 2 amide bonds. The second-order valence-corrected chi connectivity index (χ2v) is 6.93. The molecule has 3 aromatic rings. The van der Waals surface area contributed by atoms with Crippen LogP contribution in [0.4, 0.5) is 11.4 Å². The summed E-state index contributed by atoms with van der Waals surface area (Å²) in [6, 6.07) is 11.4. The molecular formula is C22H24N4O2. The van der Waals surface area contributed by atoms with E-state index in [1.54, 1.807) is 7.05 Å². The van der Waals surface area contributed by atoms with Crippen molar-refractivity contribution in [3.05, 3.63) is 76.1 Å². The summed E-state index contributed by atoms with van der Waals surface area (Å²) in [6.45, 7) is 7.86. The normalized spacial score (nSPS) is 10.6. The number of nitrogens with one attached hydrogen (secondary N) is 2. The molecule has 0 unspecified atom stereocenters. The lowest BCUT2D eigenvalue weighted by atomic mass is 10.1. The van der Waals surface area contributed by atoms with Crippen molar-refractivity contribution in [1.29, 1.82) is 0 Å². The number of aryl methyl sites for hydroxylation is 3. The Hall–Kier alpha value is -3.41. The van der Waals surface area contributed by atoms with Crippen LogP contribution in [0.1, 0.15) is 43.1 Å². The summed E-state index contributed by atoms with van der Waals surface area (Å²) < 4.78 is 1.42. The average Bonchev–Trinajstić information content (AvgIpc) is 3.04. The second kappa shape index (κ2) is 7.68. The maximum atomic E-state index is 12.9. The molecule has 0 bridgehead atoms. The van der Waals surface area contributed by atoms with Crippen LogP contribution >= 0.6 is 0 Å². The van der Waals surface area contributed by atoms with E-state index in [2.05, 4.69) is 15.7 Å². The fourth-order valence-corrected chi connectivity index (χ4v) is 3.02. The van der Waals surface area contributed by atoms with Crippen molar-refractivity contribution in [2.24, 2.45) is 7.05 Å². The van der Waals surface area contributed by atoms with E-state index in [1.165, 1.54) is 10.9 Å². The van der Waals surface area contributed by atoms with E-state index in [0.29, 0.717) is 5.69 Å². The van der Waals surface area contributed by atoms with Crippen molar-refractivity contribution >= 4 is 23.2 Å². The fourth-order valence-electron chi connectivity index (χ4n) is 3.02. The van der Waals surface area contributed by atoms with Crippen LogP contribution in [-0.2, 0) is 7.05 Å². The number of hydrogen-bond donors (Lipinski definition) is 2. The molecule has 6 heteroatoms. The minimum atomic E-state index is -0.375. The first-order valence-electron chi connectivity index (χ1n) is 9.06. The van der Waals surface area contributed by atoms with E-state index in [1.807, 2.05) is 64.1 Å². The quantitative estimate of drug-likeness (QED) is 0.718. The number of nitrogens with zero attached hydrogens (tertiary/aromatic N) is 2. The first-order valence-corrected chi connectivity index (χ1v) is 9.06. The van der Waals surface area contributed by atoms with Crippen LogP contribution in [0.3, 0.4) is 0 Å². The van der Waals surface area contributed by atoms with Crippen molar-refractivity contribution in [3.63, 3.8) is 0 Å². The van der Waals surface area contributed by atoms with Gasteiger partial charge in [-0.3, -0.25) is 14.3 Å². The van der Waals surface area contributed by atoms with Gasteiger partial charge < -0.3 is 10.6 Å². The van der Waals surface area contributed by atoms with Crippen LogP contribution in [0.25, 0.3) is 0 Å². The number of carbonyl (C=O) groups excluding carboxylic acids is 2. The SMILES string of the molecule is Cc1cccc(NC(=O)c2cnn(C)c2C(=O)Nc2cccc(C)c2C)c1C. The highest BCUT2D eigenvalue weighted by Crippen LogP contribution is 2.22. The van der Waals surface area contributed by atoms with Gasteiger partial charge in [0, 0.05) is 18.4 Å². The van der Waals surface area contributed by atoms with Crippen molar-refractivity contribution in [3.8, 4) is 0 Å². The molecule has 2 N–H and O–H groups in total. The summed E-state index contributed by atoms with van der Waals surface area (Å²) in [5.74, 6) is -0.743. The Morgan fingerprint density at radius 1 is 0.821 bits per heavy atom. The van der Waals surface area contributed by atoms with Gasteiger partial charge in [0.15, 0.2) is 0 Å². The topological polar surface area (TPSA) is 76.0 Å². The van der Waals surface area contributed by atoms with Gasteiger partial charge in [-0.1, -0.05) is 24.3 Å². The molecule has 0 aliphatic carbocycles. The highest BCUT2D eigenvalue weighted by molar-refractivity contribution is 6.14. The number of rotatable bonds is 4. The van der Waals surface area contributed by atoms with Crippen molar-refractivity contribution < 1.29 is 9.59 Å². The fraction of sp³-hybridized carbons (Fsp3) is 0.227. The van der Waals surface area contributed by atoms with Gasteiger partial charge in [0.1, 0.15) is 5.69 Å². The standard InChI is InChI=1S/C22H24N4O2/c1-13-8-6-10-18(15(13)3)24-21(27)17-12-23-26(5)20(17)22(28)25-19-11-7-9-14(2)16(19)4/h6-12H,1-5H3,(H,24,27)(H,25,28). The first-order chi connectivity index (χ1) is 13.3. The molecule has 28 heavy (non-hydrogen) atoms. The molecule has 1 heterocycles. The number of benzene rings is 2. The Labute approximate surface area is 164 Å². The summed E-state index contributed by atoms with van der Waals surface area (Å²) >= 11 is 0. The van der Waals surface area contributed by atoms with Crippen LogP contribution in [-0.4, -0.2) is 21.6 Å². The monoisotopic (exact) mass is 376 g/mol. The van der Waals surface area contributed by atoms with Gasteiger partial charge in [-0.05, 0) is 62.1 Å². The maximum Gasteiger partial charge on any atom is 0.274 e. The van der Waals surface area contributed by atoms with Crippen molar-refractivity contribution in [2.45, 2.75) is 27.7 Å². The zero-order valence-corrected chi connectivity index (χ0v) is 16.8. The van der Waals surface area contributed by atoms with E-state index >= 15 is 0 Å². The third kappa shape index (κ3) is 3.67. The lowest BCUT2D eigenvalue weighted by Gasteiger charge is -2.13.